The predicted molar refractivity (Wildman–Crippen MR) is 94.3 cm³/mol. The van der Waals surface area contributed by atoms with Crippen LogP contribution in [0.5, 0.6) is 5.75 Å². The molecule has 1 amide bonds. The number of ether oxygens (including phenoxy) is 1. The molecule has 0 aliphatic carbocycles. The van der Waals surface area contributed by atoms with E-state index in [2.05, 4.69) is 10.5 Å². The Morgan fingerprint density at radius 1 is 1.16 bits per heavy atom. The van der Waals surface area contributed by atoms with Crippen LogP contribution in [0.3, 0.4) is 0 Å². The Balaban J connectivity index is 1.63. The maximum Gasteiger partial charge on any atom is 0.260 e. The summed E-state index contributed by atoms with van der Waals surface area (Å²) >= 11 is 0. The molecule has 2 aromatic carbocycles. The summed E-state index contributed by atoms with van der Waals surface area (Å²) in [6, 6.07) is 13.6. The molecule has 0 saturated heterocycles. The van der Waals surface area contributed by atoms with Gasteiger partial charge in [-0.3, -0.25) is 4.79 Å². The summed E-state index contributed by atoms with van der Waals surface area (Å²) < 4.78 is 18.1. The van der Waals surface area contributed by atoms with Crippen molar-refractivity contribution in [3.63, 3.8) is 0 Å². The molecule has 0 aliphatic heterocycles. The van der Waals surface area contributed by atoms with Gasteiger partial charge in [-0.15, -0.1) is 0 Å². The Morgan fingerprint density at radius 3 is 2.56 bits per heavy atom. The molecule has 2 rings (SSSR count). The number of rotatable bonds is 9. The number of hydrogen-bond acceptors (Lipinski definition) is 4. The van der Waals surface area contributed by atoms with E-state index in [-0.39, 0.29) is 18.3 Å². The topological polar surface area (TPSA) is 59.9 Å². The molecule has 0 aliphatic rings. The van der Waals surface area contributed by atoms with Crippen LogP contribution in [0.4, 0.5) is 4.39 Å². The Kier molecular flexibility index (Phi) is 7.43. The number of nitrogens with zero attached hydrogens (tertiary/aromatic N) is 1. The first-order valence-electron chi connectivity index (χ1n) is 8.06. The second-order valence-electron chi connectivity index (χ2n) is 5.24. The van der Waals surface area contributed by atoms with Crippen LogP contribution in [-0.4, -0.2) is 31.9 Å². The van der Waals surface area contributed by atoms with Crippen LogP contribution in [-0.2, 0) is 16.1 Å². The highest BCUT2D eigenvalue weighted by atomic mass is 19.1. The highest BCUT2D eigenvalue weighted by Gasteiger charge is 2.01. The van der Waals surface area contributed by atoms with E-state index < -0.39 is 0 Å². The maximum absolute atomic E-state index is 12.8. The lowest BCUT2D eigenvalue weighted by Crippen LogP contribution is -2.28. The molecule has 1 N–H and O–H groups in total. The first kappa shape index (κ1) is 18.4. The first-order valence-corrected chi connectivity index (χ1v) is 8.06. The third kappa shape index (κ3) is 7.03. The lowest BCUT2D eigenvalue weighted by Gasteiger charge is -2.04. The van der Waals surface area contributed by atoms with Crippen molar-refractivity contribution in [1.29, 1.82) is 0 Å². The van der Waals surface area contributed by atoms with Gasteiger partial charge >= 0.3 is 0 Å². The largest absolute Gasteiger partial charge is 0.494 e. The van der Waals surface area contributed by atoms with Gasteiger partial charge in [-0.05, 0) is 60.9 Å². The number of nitrogens with one attached hydrogen (secondary N) is 1. The molecule has 0 atom stereocenters. The summed E-state index contributed by atoms with van der Waals surface area (Å²) in [7, 11) is 0. The minimum absolute atomic E-state index is 0.156. The number of amides is 1. The molecular formula is C19H21FN2O3. The van der Waals surface area contributed by atoms with E-state index in [9.17, 15) is 9.18 Å². The second kappa shape index (κ2) is 10.1. The van der Waals surface area contributed by atoms with E-state index in [4.69, 9.17) is 9.57 Å². The lowest BCUT2D eigenvalue weighted by molar-refractivity contribution is -0.125. The first-order chi connectivity index (χ1) is 12.2. The summed E-state index contributed by atoms with van der Waals surface area (Å²) in [4.78, 5) is 16.6. The van der Waals surface area contributed by atoms with Crippen molar-refractivity contribution in [3.05, 3.63) is 65.5 Å². The van der Waals surface area contributed by atoms with Crippen LogP contribution >= 0.6 is 0 Å². The van der Waals surface area contributed by atoms with Gasteiger partial charge < -0.3 is 14.9 Å². The Hall–Kier alpha value is -2.89. The van der Waals surface area contributed by atoms with E-state index in [0.29, 0.717) is 19.6 Å². The monoisotopic (exact) mass is 344 g/mol. The van der Waals surface area contributed by atoms with E-state index in [1.807, 2.05) is 31.2 Å². The van der Waals surface area contributed by atoms with E-state index in [0.717, 1.165) is 16.9 Å². The quantitative estimate of drug-likeness (QED) is 0.562. The van der Waals surface area contributed by atoms with Gasteiger partial charge in [0.05, 0.1) is 12.8 Å². The Labute approximate surface area is 146 Å². The van der Waals surface area contributed by atoms with Crippen molar-refractivity contribution in [1.82, 2.24) is 5.32 Å². The third-order valence-electron chi connectivity index (χ3n) is 3.31. The SMILES string of the molecule is CCOc1ccc(/C=N\OCC(=O)NCCc2ccc(F)cc2)cc1. The van der Waals surface area contributed by atoms with Crippen LogP contribution < -0.4 is 10.1 Å². The fourth-order valence-electron chi connectivity index (χ4n) is 2.06. The summed E-state index contributed by atoms with van der Waals surface area (Å²) in [6.07, 6.45) is 2.16. The molecule has 2 aromatic rings. The zero-order chi connectivity index (χ0) is 17.9. The average molecular weight is 344 g/mol. The number of hydrogen-bond donors (Lipinski definition) is 1. The highest BCUT2D eigenvalue weighted by molar-refractivity contribution is 5.80. The van der Waals surface area contributed by atoms with Crippen LogP contribution in [0.25, 0.3) is 0 Å². The van der Waals surface area contributed by atoms with Crippen LogP contribution in [0.1, 0.15) is 18.1 Å². The molecule has 5 nitrogen and oxygen atoms in total. The zero-order valence-electron chi connectivity index (χ0n) is 14.1. The average Bonchev–Trinajstić information content (AvgIpc) is 2.62. The van der Waals surface area contributed by atoms with Crippen LogP contribution in [0, 0.1) is 5.82 Å². The van der Waals surface area contributed by atoms with E-state index in [1.54, 1.807) is 12.1 Å². The number of benzene rings is 2. The molecule has 6 heteroatoms. The molecule has 25 heavy (non-hydrogen) atoms. The van der Waals surface area contributed by atoms with Gasteiger partial charge in [-0.2, -0.15) is 0 Å². The number of halogens is 1. The molecule has 0 aromatic heterocycles. The standard InChI is InChI=1S/C19H21FN2O3/c1-2-24-18-9-5-16(6-10-18)13-22-25-14-19(23)21-12-11-15-3-7-17(20)8-4-15/h3-10,13H,2,11-12,14H2,1H3,(H,21,23)/b22-13-. The molecule has 0 heterocycles. The molecule has 0 radical (unpaired) electrons. The van der Waals surface area contributed by atoms with Gasteiger partial charge in [0, 0.05) is 6.54 Å². The minimum Gasteiger partial charge on any atom is -0.494 e. The van der Waals surface area contributed by atoms with Crippen molar-refractivity contribution in [2.75, 3.05) is 19.8 Å². The molecule has 0 unspecified atom stereocenters. The summed E-state index contributed by atoms with van der Waals surface area (Å²) in [6.45, 7) is 2.84. The summed E-state index contributed by atoms with van der Waals surface area (Å²) in [5, 5.41) is 6.48. The van der Waals surface area contributed by atoms with Gasteiger partial charge in [0.1, 0.15) is 11.6 Å². The van der Waals surface area contributed by atoms with Crippen LogP contribution in [0.15, 0.2) is 53.7 Å². The molecule has 0 spiro atoms. The zero-order valence-corrected chi connectivity index (χ0v) is 14.1. The van der Waals surface area contributed by atoms with Gasteiger partial charge in [0.2, 0.25) is 0 Å². The molecule has 0 bridgehead atoms. The van der Waals surface area contributed by atoms with Gasteiger partial charge in [0.25, 0.3) is 5.91 Å². The Bertz CT molecular complexity index is 685. The highest BCUT2D eigenvalue weighted by Crippen LogP contribution is 2.10. The molecule has 0 saturated carbocycles. The van der Waals surface area contributed by atoms with Crippen molar-refractivity contribution in [2.45, 2.75) is 13.3 Å². The van der Waals surface area contributed by atoms with Gasteiger partial charge in [-0.25, -0.2) is 4.39 Å². The maximum atomic E-state index is 12.8. The van der Waals surface area contributed by atoms with Crippen molar-refractivity contribution in [2.24, 2.45) is 5.16 Å². The second-order valence-corrected chi connectivity index (χ2v) is 5.24. The Morgan fingerprint density at radius 2 is 1.88 bits per heavy atom. The van der Waals surface area contributed by atoms with Crippen molar-refractivity contribution in [3.8, 4) is 5.75 Å². The predicted octanol–water partition coefficient (Wildman–Crippen LogP) is 2.93. The fourth-order valence-corrected chi connectivity index (χ4v) is 2.06. The lowest BCUT2D eigenvalue weighted by atomic mass is 10.1. The third-order valence-corrected chi connectivity index (χ3v) is 3.31. The smallest absolute Gasteiger partial charge is 0.260 e. The van der Waals surface area contributed by atoms with E-state index in [1.165, 1.54) is 18.3 Å². The number of oxime groups is 1. The fraction of sp³-hybridized carbons (Fsp3) is 0.263. The minimum atomic E-state index is -0.272. The van der Waals surface area contributed by atoms with Crippen LogP contribution in [0.2, 0.25) is 0 Å². The summed E-state index contributed by atoms with van der Waals surface area (Å²) in [5.41, 5.74) is 1.80. The van der Waals surface area contributed by atoms with Crippen molar-refractivity contribution < 1.29 is 18.8 Å². The van der Waals surface area contributed by atoms with Crippen molar-refractivity contribution >= 4 is 12.1 Å². The number of carbonyl (C=O) groups excluding carboxylic acids is 1. The number of carbonyl (C=O) groups is 1. The molecular weight excluding hydrogens is 323 g/mol. The molecule has 0 fully saturated rings. The van der Waals surface area contributed by atoms with Gasteiger partial charge in [0.15, 0.2) is 6.61 Å². The normalized spacial score (nSPS) is 10.6. The molecule has 132 valence electrons. The summed E-state index contributed by atoms with van der Waals surface area (Å²) in [5.74, 6) is 0.263. The van der Waals surface area contributed by atoms with Gasteiger partial charge in [-0.1, -0.05) is 17.3 Å². The van der Waals surface area contributed by atoms with E-state index >= 15 is 0 Å².